The van der Waals surface area contributed by atoms with Crippen molar-refractivity contribution in [2.45, 2.75) is 38.3 Å². The van der Waals surface area contributed by atoms with Crippen LogP contribution in [0.3, 0.4) is 0 Å². The number of carbonyl (C=O) groups excluding carboxylic acids is 1. The Morgan fingerprint density at radius 1 is 1.15 bits per heavy atom. The van der Waals surface area contributed by atoms with Crippen LogP contribution in [0.5, 0.6) is 0 Å². The number of alkyl halides is 3. The van der Waals surface area contributed by atoms with E-state index in [9.17, 15) is 23.1 Å². The van der Waals surface area contributed by atoms with Crippen LogP contribution in [0.4, 0.5) is 18.9 Å². The fourth-order valence-electron chi connectivity index (χ4n) is 3.90. The molecular formula is C23H26F3N3O3S. The van der Waals surface area contributed by atoms with E-state index in [0.29, 0.717) is 18.7 Å². The van der Waals surface area contributed by atoms with Crippen LogP contribution in [0.2, 0.25) is 0 Å². The van der Waals surface area contributed by atoms with Crippen LogP contribution in [0.25, 0.3) is 0 Å². The van der Waals surface area contributed by atoms with Crippen molar-refractivity contribution < 1.29 is 27.8 Å². The maximum Gasteiger partial charge on any atom is 0.437 e. The molecule has 0 saturated carbocycles. The van der Waals surface area contributed by atoms with Gasteiger partial charge in [-0.3, -0.25) is 4.79 Å². The van der Waals surface area contributed by atoms with Gasteiger partial charge in [-0.1, -0.05) is 42.5 Å². The third-order valence-corrected chi connectivity index (χ3v) is 5.78. The topological polar surface area (TPSA) is 73.8 Å². The molecule has 1 aliphatic rings. The Balaban J connectivity index is 1.93. The molecule has 1 heterocycles. The number of benzene rings is 2. The molecule has 1 saturated heterocycles. The van der Waals surface area contributed by atoms with Crippen LogP contribution >= 0.6 is 12.2 Å². The van der Waals surface area contributed by atoms with Crippen LogP contribution in [0, 0.1) is 5.92 Å². The summed E-state index contributed by atoms with van der Waals surface area (Å²) in [5, 5.41) is 14.7. The molecule has 2 aromatic carbocycles. The van der Waals surface area contributed by atoms with Gasteiger partial charge in [-0.15, -0.1) is 0 Å². The summed E-state index contributed by atoms with van der Waals surface area (Å²) in [4.78, 5) is 14.7. The second-order valence-corrected chi connectivity index (χ2v) is 8.07. The molecule has 0 aromatic heterocycles. The van der Waals surface area contributed by atoms with Crippen molar-refractivity contribution in [3.63, 3.8) is 0 Å². The maximum absolute atomic E-state index is 13.8. The molecule has 3 atom stereocenters. The van der Waals surface area contributed by atoms with Crippen molar-refractivity contribution in [1.82, 2.24) is 10.6 Å². The lowest BCUT2D eigenvalue weighted by molar-refractivity contribution is -0.292. The summed E-state index contributed by atoms with van der Waals surface area (Å²) in [5.74, 6) is -3.20. The van der Waals surface area contributed by atoms with E-state index in [1.54, 1.807) is 24.3 Å². The highest BCUT2D eigenvalue weighted by atomic mass is 32.1. The monoisotopic (exact) mass is 481 g/mol. The number of ether oxygens (including phenoxy) is 1. The summed E-state index contributed by atoms with van der Waals surface area (Å²) in [6.07, 6.45) is -5.18. The van der Waals surface area contributed by atoms with Crippen molar-refractivity contribution in [3.8, 4) is 0 Å². The molecule has 0 aliphatic carbocycles. The zero-order valence-electron chi connectivity index (χ0n) is 18.2. The molecule has 178 valence electrons. The molecule has 0 bridgehead atoms. The minimum atomic E-state index is -5.18. The SMILES string of the molecule is CCOC(=O)C1C(c2ccc(N(CC)Cc3ccccc3)cc2)NC(=S)NC1(O)C(F)(F)F. The van der Waals surface area contributed by atoms with Crippen molar-refractivity contribution in [2.75, 3.05) is 18.1 Å². The average Bonchev–Trinajstić information content (AvgIpc) is 2.77. The van der Waals surface area contributed by atoms with Crippen LogP contribution in [-0.4, -0.2) is 41.2 Å². The molecule has 10 heteroatoms. The number of esters is 1. The lowest BCUT2D eigenvalue weighted by Gasteiger charge is -2.45. The molecule has 33 heavy (non-hydrogen) atoms. The van der Waals surface area contributed by atoms with Gasteiger partial charge in [-0.25, -0.2) is 0 Å². The normalized spacial score (nSPS) is 22.8. The highest BCUT2D eigenvalue weighted by Gasteiger charge is 2.66. The first kappa shape index (κ1) is 24.8. The van der Waals surface area contributed by atoms with E-state index < -0.39 is 34.9 Å². The van der Waals surface area contributed by atoms with E-state index in [1.165, 1.54) is 6.92 Å². The molecule has 0 amide bonds. The molecule has 1 fully saturated rings. The highest BCUT2D eigenvalue weighted by molar-refractivity contribution is 7.80. The largest absolute Gasteiger partial charge is 0.466 e. The number of carbonyl (C=O) groups is 1. The van der Waals surface area contributed by atoms with Crippen LogP contribution in [0.1, 0.15) is 31.0 Å². The van der Waals surface area contributed by atoms with E-state index in [4.69, 9.17) is 17.0 Å². The number of nitrogens with zero attached hydrogens (tertiary/aromatic N) is 1. The second-order valence-electron chi connectivity index (χ2n) is 7.66. The van der Waals surface area contributed by atoms with E-state index >= 15 is 0 Å². The summed E-state index contributed by atoms with van der Waals surface area (Å²) in [6.45, 7) is 4.72. The van der Waals surface area contributed by atoms with Gasteiger partial charge in [-0.2, -0.15) is 13.2 Å². The minimum Gasteiger partial charge on any atom is -0.466 e. The number of thiocarbonyl (C=S) groups is 1. The third-order valence-electron chi connectivity index (χ3n) is 5.56. The summed E-state index contributed by atoms with van der Waals surface area (Å²) in [6, 6.07) is 15.4. The number of nitrogens with one attached hydrogen (secondary N) is 2. The summed E-state index contributed by atoms with van der Waals surface area (Å²) < 4.78 is 46.4. The Morgan fingerprint density at radius 2 is 1.79 bits per heavy atom. The molecular weight excluding hydrogens is 455 g/mol. The maximum atomic E-state index is 13.8. The predicted molar refractivity (Wildman–Crippen MR) is 122 cm³/mol. The lowest BCUT2D eigenvalue weighted by atomic mass is 9.82. The Labute approximate surface area is 195 Å². The third kappa shape index (κ3) is 5.22. The summed E-state index contributed by atoms with van der Waals surface area (Å²) >= 11 is 4.92. The molecule has 3 N–H and O–H groups in total. The Kier molecular flexibility index (Phi) is 7.48. The standard InChI is InChI=1S/C23H26F3N3O3S/c1-3-29(14-15-8-6-5-7-9-15)17-12-10-16(11-13-17)19-18(20(30)32-4-2)22(31,23(24,25)26)28-21(33)27-19/h5-13,18-19,31H,3-4,14H2,1-2H3,(H2,27,28,33). The first-order valence-electron chi connectivity index (χ1n) is 10.5. The first-order valence-corrected chi connectivity index (χ1v) is 10.9. The zero-order chi connectivity index (χ0) is 24.2. The van der Waals surface area contributed by atoms with Crippen molar-refractivity contribution >= 4 is 29.0 Å². The van der Waals surface area contributed by atoms with Crippen LogP contribution in [0.15, 0.2) is 54.6 Å². The number of hydrogen-bond acceptors (Lipinski definition) is 5. The quantitative estimate of drug-likeness (QED) is 0.412. The average molecular weight is 482 g/mol. The molecule has 0 spiro atoms. The van der Waals surface area contributed by atoms with Gasteiger partial charge in [-0.05, 0) is 49.3 Å². The van der Waals surface area contributed by atoms with Gasteiger partial charge in [0.25, 0.3) is 5.72 Å². The summed E-state index contributed by atoms with van der Waals surface area (Å²) in [7, 11) is 0. The molecule has 2 aromatic rings. The Hall–Kier alpha value is -2.85. The number of aliphatic hydroxyl groups is 1. The molecule has 3 unspecified atom stereocenters. The lowest BCUT2D eigenvalue weighted by Crippen LogP contribution is -2.73. The van der Waals surface area contributed by atoms with Gasteiger partial charge < -0.3 is 25.4 Å². The zero-order valence-corrected chi connectivity index (χ0v) is 19.0. The fourth-order valence-corrected chi connectivity index (χ4v) is 4.18. The minimum absolute atomic E-state index is 0.135. The van der Waals surface area contributed by atoms with Gasteiger partial charge in [0.15, 0.2) is 5.11 Å². The molecule has 0 radical (unpaired) electrons. The van der Waals surface area contributed by atoms with E-state index in [2.05, 4.69) is 10.2 Å². The summed E-state index contributed by atoms with van der Waals surface area (Å²) in [5.41, 5.74) is -1.24. The number of hydrogen-bond donors (Lipinski definition) is 3. The molecule has 3 rings (SSSR count). The van der Waals surface area contributed by atoms with Crippen molar-refractivity contribution in [2.24, 2.45) is 5.92 Å². The van der Waals surface area contributed by atoms with E-state index in [1.807, 2.05) is 42.6 Å². The first-order chi connectivity index (χ1) is 15.6. The van der Waals surface area contributed by atoms with Crippen molar-refractivity contribution in [3.05, 3.63) is 65.7 Å². The highest BCUT2D eigenvalue weighted by Crippen LogP contribution is 2.43. The number of anilines is 1. The Bertz CT molecular complexity index is 972. The smallest absolute Gasteiger partial charge is 0.437 e. The molecule has 6 nitrogen and oxygen atoms in total. The second kappa shape index (κ2) is 9.96. The number of halogens is 3. The van der Waals surface area contributed by atoms with Gasteiger partial charge in [0.1, 0.15) is 5.92 Å². The van der Waals surface area contributed by atoms with Crippen molar-refractivity contribution in [1.29, 1.82) is 0 Å². The van der Waals surface area contributed by atoms with Gasteiger partial charge in [0, 0.05) is 18.8 Å². The van der Waals surface area contributed by atoms with Crippen LogP contribution in [-0.2, 0) is 16.1 Å². The van der Waals surface area contributed by atoms with Gasteiger partial charge in [0.05, 0.1) is 12.6 Å². The predicted octanol–water partition coefficient (Wildman–Crippen LogP) is 3.66. The molecule has 1 aliphatic heterocycles. The fraction of sp³-hybridized carbons (Fsp3) is 0.391. The van der Waals surface area contributed by atoms with E-state index in [-0.39, 0.29) is 6.61 Å². The van der Waals surface area contributed by atoms with Crippen LogP contribution < -0.4 is 15.5 Å². The van der Waals surface area contributed by atoms with E-state index in [0.717, 1.165) is 11.3 Å². The Morgan fingerprint density at radius 3 is 2.33 bits per heavy atom. The van der Waals surface area contributed by atoms with Gasteiger partial charge in [0.2, 0.25) is 0 Å². The van der Waals surface area contributed by atoms with Gasteiger partial charge >= 0.3 is 12.1 Å². The number of rotatable bonds is 7.